The van der Waals surface area contributed by atoms with Crippen LogP contribution in [0.4, 0.5) is 13.2 Å². The number of carboxylic acids is 1. The maximum atomic E-state index is 12.8. The van der Waals surface area contributed by atoms with Gasteiger partial charge in [-0.15, -0.1) is 0 Å². The summed E-state index contributed by atoms with van der Waals surface area (Å²) in [6.07, 6.45) is -4.75. The van der Waals surface area contributed by atoms with Crippen molar-refractivity contribution in [3.05, 3.63) is 35.5 Å². The molecule has 0 bridgehead atoms. The normalized spacial score (nSPS) is 12.0. The molecule has 1 heterocycles. The van der Waals surface area contributed by atoms with Crippen molar-refractivity contribution in [3.8, 4) is 0 Å². The molecule has 3 nitrogen and oxygen atoms in total. The van der Waals surface area contributed by atoms with Crippen LogP contribution in [0.15, 0.2) is 24.3 Å². The van der Waals surface area contributed by atoms with E-state index in [9.17, 15) is 18.0 Å². The van der Waals surface area contributed by atoms with Gasteiger partial charge in [0.2, 0.25) is 0 Å². The van der Waals surface area contributed by atoms with Gasteiger partial charge in [-0.2, -0.15) is 13.2 Å². The zero-order chi connectivity index (χ0) is 13.5. The molecular weight excluding hydrogens is 247 g/mol. The summed E-state index contributed by atoms with van der Waals surface area (Å²) in [5.74, 6) is -1.07. The molecule has 6 heteroatoms. The minimum Gasteiger partial charge on any atom is -0.481 e. The number of carbonyl (C=O) groups is 1. The lowest BCUT2D eigenvalue weighted by molar-refractivity contribution is -0.137. The number of aryl methyl sites for hydroxylation is 1. The summed E-state index contributed by atoms with van der Waals surface area (Å²) >= 11 is 0. The van der Waals surface area contributed by atoms with Crippen LogP contribution in [0.1, 0.15) is 11.3 Å². The molecule has 2 rings (SSSR count). The molecule has 0 saturated carbocycles. The second-order valence-electron chi connectivity index (χ2n) is 4.00. The van der Waals surface area contributed by atoms with Gasteiger partial charge in [0.25, 0.3) is 0 Å². The van der Waals surface area contributed by atoms with Crippen molar-refractivity contribution in [2.75, 3.05) is 0 Å². The molecule has 0 amide bonds. The van der Waals surface area contributed by atoms with Crippen LogP contribution < -0.4 is 0 Å². The second kappa shape index (κ2) is 4.04. The summed E-state index contributed by atoms with van der Waals surface area (Å²) in [5.41, 5.74) is -0.0255. The van der Waals surface area contributed by atoms with Gasteiger partial charge < -0.3 is 9.67 Å². The Morgan fingerprint density at radius 3 is 2.61 bits per heavy atom. The fraction of sp³-hybridized carbons (Fsp3) is 0.250. The third-order valence-corrected chi connectivity index (χ3v) is 2.82. The molecule has 18 heavy (non-hydrogen) atoms. The van der Waals surface area contributed by atoms with E-state index in [2.05, 4.69) is 0 Å². The molecule has 0 fully saturated rings. The van der Waals surface area contributed by atoms with Crippen molar-refractivity contribution >= 4 is 16.9 Å². The number of hydrogen-bond acceptors (Lipinski definition) is 1. The van der Waals surface area contributed by atoms with Crippen LogP contribution in [-0.2, 0) is 24.4 Å². The number of carboxylic acid groups (broad SMARTS) is 1. The van der Waals surface area contributed by atoms with E-state index in [1.165, 1.54) is 22.8 Å². The lowest BCUT2D eigenvalue weighted by atomic mass is 10.1. The fourth-order valence-corrected chi connectivity index (χ4v) is 1.99. The van der Waals surface area contributed by atoms with Crippen LogP contribution in [0.5, 0.6) is 0 Å². The van der Waals surface area contributed by atoms with Gasteiger partial charge in [0.05, 0.1) is 12.0 Å². The third kappa shape index (κ3) is 2.05. The third-order valence-electron chi connectivity index (χ3n) is 2.82. The van der Waals surface area contributed by atoms with Gasteiger partial charge in [-0.25, -0.2) is 0 Å². The molecule has 1 aromatic heterocycles. The minimum atomic E-state index is -4.44. The number of nitrogens with zero attached hydrogens (tertiary/aromatic N) is 1. The van der Waals surface area contributed by atoms with Crippen molar-refractivity contribution in [2.45, 2.75) is 12.6 Å². The van der Waals surface area contributed by atoms with Crippen molar-refractivity contribution in [1.29, 1.82) is 0 Å². The first-order valence-corrected chi connectivity index (χ1v) is 5.17. The number of rotatable bonds is 2. The number of alkyl halides is 3. The van der Waals surface area contributed by atoms with E-state index in [4.69, 9.17) is 5.11 Å². The van der Waals surface area contributed by atoms with E-state index >= 15 is 0 Å². The van der Waals surface area contributed by atoms with E-state index in [1.54, 1.807) is 7.05 Å². The second-order valence-corrected chi connectivity index (χ2v) is 4.00. The Kier molecular flexibility index (Phi) is 2.80. The highest BCUT2D eigenvalue weighted by molar-refractivity contribution is 5.86. The number of hydrogen-bond donors (Lipinski definition) is 1. The standard InChI is InChI=1S/C12H10F3NO2/c1-16-7(6-11(17)18)5-8-9(12(13,14)15)3-2-4-10(8)16/h2-5H,6H2,1H3,(H,17,18). The van der Waals surface area contributed by atoms with E-state index in [0.717, 1.165) is 6.07 Å². The summed E-state index contributed by atoms with van der Waals surface area (Å²) in [7, 11) is 1.56. The molecule has 0 aliphatic carbocycles. The topological polar surface area (TPSA) is 42.2 Å². The van der Waals surface area contributed by atoms with Gasteiger partial charge in [-0.05, 0) is 18.2 Å². The Morgan fingerprint density at radius 2 is 2.06 bits per heavy atom. The van der Waals surface area contributed by atoms with E-state index in [0.29, 0.717) is 11.2 Å². The monoisotopic (exact) mass is 257 g/mol. The number of aliphatic carboxylic acids is 1. The van der Waals surface area contributed by atoms with Crippen molar-refractivity contribution in [2.24, 2.45) is 7.05 Å². The van der Waals surface area contributed by atoms with Crippen LogP contribution >= 0.6 is 0 Å². The molecule has 0 unspecified atom stereocenters. The average Bonchev–Trinajstić information content (AvgIpc) is 2.54. The number of aromatic nitrogens is 1. The largest absolute Gasteiger partial charge is 0.481 e. The molecule has 1 aromatic carbocycles. The zero-order valence-electron chi connectivity index (χ0n) is 9.45. The van der Waals surface area contributed by atoms with E-state index in [-0.39, 0.29) is 11.8 Å². The fourth-order valence-electron chi connectivity index (χ4n) is 1.99. The van der Waals surface area contributed by atoms with Gasteiger partial charge in [0.1, 0.15) is 0 Å². The van der Waals surface area contributed by atoms with E-state index < -0.39 is 17.7 Å². The van der Waals surface area contributed by atoms with Gasteiger partial charge >= 0.3 is 12.1 Å². The lowest BCUT2D eigenvalue weighted by Gasteiger charge is -2.08. The Morgan fingerprint density at radius 1 is 1.39 bits per heavy atom. The predicted molar refractivity (Wildman–Crippen MR) is 59.3 cm³/mol. The molecule has 0 saturated heterocycles. The van der Waals surface area contributed by atoms with Crippen molar-refractivity contribution in [3.63, 3.8) is 0 Å². The summed E-state index contributed by atoms with van der Waals surface area (Å²) in [6, 6.07) is 5.13. The maximum Gasteiger partial charge on any atom is 0.417 e. The lowest BCUT2D eigenvalue weighted by Crippen LogP contribution is -2.05. The number of halogens is 3. The first kappa shape index (κ1) is 12.5. The van der Waals surface area contributed by atoms with Crippen LogP contribution in [0.25, 0.3) is 10.9 Å². The predicted octanol–water partition coefficient (Wildman–Crippen LogP) is 2.82. The molecule has 0 aliphatic heterocycles. The molecule has 0 atom stereocenters. The zero-order valence-corrected chi connectivity index (χ0v) is 9.45. The minimum absolute atomic E-state index is 0.0313. The maximum absolute atomic E-state index is 12.8. The Balaban J connectivity index is 2.68. The first-order chi connectivity index (χ1) is 8.30. The Hall–Kier alpha value is -1.98. The molecular formula is C12H10F3NO2. The highest BCUT2D eigenvalue weighted by atomic mass is 19.4. The van der Waals surface area contributed by atoms with Gasteiger partial charge in [-0.1, -0.05) is 6.07 Å². The SMILES string of the molecule is Cn1c(CC(=O)O)cc2c(C(F)(F)F)cccc21. The van der Waals surface area contributed by atoms with Gasteiger partial charge in [-0.3, -0.25) is 4.79 Å². The Bertz CT molecular complexity index is 614. The molecule has 0 spiro atoms. The summed E-state index contributed by atoms with van der Waals surface area (Å²) in [5, 5.41) is 8.74. The van der Waals surface area contributed by atoms with Gasteiger partial charge in [0.15, 0.2) is 0 Å². The molecule has 2 aromatic rings. The Labute approximate surface area is 100 Å². The molecule has 96 valence electrons. The van der Waals surface area contributed by atoms with Crippen LogP contribution in [0.2, 0.25) is 0 Å². The molecule has 1 N–H and O–H groups in total. The number of benzene rings is 1. The van der Waals surface area contributed by atoms with Crippen LogP contribution in [0, 0.1) is 0 Å². The summed E-state index contributed by atoms with van der Waals surface area (Å²) in [6.45, 7) is 0. The molecule has 0 aliphatic rings. The highest BCUT2D eigenvalue weighted by Crippen LogP contribution is 2.35. The summed E-state index contributed by atoms with van der Waals surface area (Å²) in [4.78, 5) is 10.6. The smallest absolute Gasteiger partial charge is 0.417 e. The molecule has 0 radical (unpaired) electrons. The van der Waals surface area contributed by atoms with Gasteiger partial charge in [0, 0.05) is 23.6 Å². The van der Waals surface area contributed by atoms with Crippen molar-refractivity contribution < 1.29 is 23.1 Å². The van der Waals surface area contributed by atoms with Crippen LogP contribution in [0.3, 0.4) is 0 Å². The number of fused-ring (bicyclic) bond motifs is 1. The van der Waals surface area contributed by atoms with Crippen molar-refractivity contribution in [1.82, 2.24) is 4.57 Å². The van der Waals surface area contributed by atoms with Crippen LogP contribution in [-0.4, -0.2) is 15.6 Å². The summed E-state index contributed by atoms with van der Waals surface area (Å²) < 4.78 is 39.9. The van der Waals surface area contributed by atoms with E-state index in [1.807, 2.05) is 0 Å². The first-order valence-electron chi connectivity index (χ1n) is 5.17. The quantitative estimate of drug-likeness (QED) is 0.898. The highest BCUT2D eigenvalue weighted by Gasteiger charge is 2.33. The average molecular weight is 257 g/mol.